The molecule has 1 aliphatic heterocycles. The third kappa shape index (κ3) is 2.81. The van der Waals surface area contributed by atoms with Gasteiger partial charge in [0.2, 0.25) is 0 Å². The average molecular weight is 238 g/mol. The lowest BCUT2D eigenvalue weighted by molar-refractivity contribution is -0.144. The van der Waals surface area contributed by atoms with Crippen LogP contribution < -0.4 is 5.32 Å². The summed E-state index contributed by atoms with van der Waals surface area (Å²) in [5, 5.41) is 12.1. The van der Waals surface area contributed by atoms with Crippen molar-refractivity contribution >= 4 is 5.97 Å². The van der Waals surface area contributed by atoms with Gasteiger partial charge in [0.15, 0.2) is 0 Å². The molecule has 1 atom stereocenters. The van der Waals surface area contributed by atoms with Crippen LogP contribution in [0.25, 0.3) is 0 Å². The van der Waals surface area contributed by atoms with E-state index < -0.39 is 12.0 Å². The van der Waals surface area contributed by atoms with E-state index in [0.717, 1.165) is 6.54 Å². The Kier molecular flexibility index (Phi) is 3.71. The SMILES string of the molecule is O=C(O)C1CNCCN1Cc1ccccc1F. The van der Waals surface area contributed by atoms with Gasteiger partial charge in [0.1, 0.15) is 11.9 Å². The van der Waals surface area contributed by atoms with Gasteiger partial charge in [-0.3, -0.25) is 9.69 Å². The van der Waals surface area contributed by atoms with Gasteiger partial charge >= 0.3 is 5.97 Å². The highest BCUT2D eigenvalue weighted by molar-refractivity contribution is 5.74. The van der Waals surface area contributed by atoms with Gasteiger partial charge in [0.25, 0.3) is 0 Å². The third-order valence-electron chi connectivity index (χ3n) is 2.97. The standard InChI is InChI=1S/C12H15FN2O2/c13-10-4-2-1-3-9(10)8-15-6-5-14-7-11(15)12(16)17/h1-4,11,14H,5-8H2,(H,16,17). The van der Waals surface area contributed by atoms with E-state index in [1.807, 2.05) is 0 Å². The minimum absolute atomic E-state index is 0.282. The second-order valence-corrected chi connectivity index (χ2v) is 4.12. The summed E-state index contributed by atoms with van der Waals surface area (Å²) in [4.78, 5) is 12.9. The smallest absolute Gasteiger partial charge is 0.322 e. The summed E-state index contributed by atoms with van der Waals surface area (Å²) in [5.41, 5.74) is 0.542. The van der Waals surface area contributed by atoms with Crippen LogP contribution in [0.2, 0.25) is 0 Å². The average Bonchev–Trinajstić information content (AvgIpc) is 2.32. The van der Waals surface area contributed by atoms with E-state index in [9.17, 15) is 9.18 Å². The van der Waals surface area contributed by atoms with Crippen molar-refractivity contribution in [3.8, 4) is 0 Å². The fraction of sp³-hybridized carbons (Fsp3) is 0.417. The van der Waals surface area contributed by atoms with Gasteiger partial charge in [0.05, 0.1) is 0 Å². The third-order valence-corrected chi connectivity index (χ3v) is 2.97. The molecular formula is C12H15FN2O2. The number of carboxylic acid groups (broad SMARTS) is 1. The van der Waals surface area contributed by atoms with Gasteiger partial charge in [-0.25, -0.2) is 4.39 Å². The second kappa shape index (κ2) is 5.25. The Hall–Kier alpha value is -1.46. The molecule has 4 nitrogen and oxygen atoms in total. The lowest BCUT2D eigenvalue weighted by Gasteiger charge is -2.33. The predicted molar refractivity (Wildman–Crippen MR) is 61.1 cm³/mol. The molecule has 2 rings (SSSR count). The van der Waals surface area contributed by atoms with Crippen LogP contribution in [0.15, 0.2) is 24.3 Å². The van der Waals surface area contributed by atoms with Gasteiger partial charge in [-0.15, -0.1) is 0 Å². The van der Waals surface area contributed by atoms with Crippen LogP contribution in [0.1, 0.15) is 5.56 Å². The highest BCUT2D eigenvalue weighted by Crippen LogP contribution is 2.13. The monoisotopic (exact) mass is 238 g/mol. The topological polar surface area (TPSA) is 52.6 Å². The first-order valence-electron chi connectivity index (χ1n) is 5.59. The van der Waals surface area contributed by atoms with Gasteiger partial charge in [-0.05, 0) is 6.07 Å². The normalized spacial score (nSPS) is 21.4. The maximum absolute atomic E-state index is 13.5. The van der Waals surface area contributed by atoms with Crippen molar-refractivity contribution in [1.82, 2.24) is 10.2 Å². The van der Waals surface area contributed by atoms with E-state index in [2.05, 4.69) is 5.32 Å². The summed E-state index contributed by atoms with van der Waals surface area (Å²) < 4.78 is 13.5. The first-order valence-corrected chi connectivity index (χ1v) is 5.59. The van der Waals surface area contributed by atoms with Crippen LogP contribution in [-0.4, -0.2) is 41.7 Å². The molecule has 1 aromatic carbocycles. The van der Waals surface area contributed by atoms with Crippen molar-refractivity contribution in [1.29, 1.82) is 0 Å². The Balaban J connectivity index is 2.11. The number of hydrogen-bond donors (Lipinski definition) is 2. The fourth-order valence-corrected chi connectivity index (χ4v) is 2.02. The van der Waals surface area contributed by atoms with Gasteiger partial charge in [-0.1, -0.05) is 18.2 Å². The molecule has 17 heavy (non-hydrogen) atoms. The van der Waals surface area contributed by atoms with E-state index in [1.165, 1.54) is 6.07 Å². The Morgan fingerprint density at radius 1 is 1.53 bits per heavy atom. The molecule has 1 saturated heterocycles. The molecule has 0 spiro atoms. The van der Waals surface area contributed by atoms with Crippen LogP contribution in [0.5, 0.6) is 0 Å². The molecule has 1 heterocycles. The maximum atomic E-state index is 13.5. The quantitative estimate of drug-likeness (QED) is 0.813. The molecule has 1 aromatic rings. The highest BCUT2D eigenvalue weighted by Gasteiger charge is 2.28. The molecule has 1 unspecified atom stereocenters. The lowest BCUT2D eigenvalue weighted by atomic mass is 10.1. The molecule has 0 radical (unpaired) electrons. The first kappa shape index (κ1) is 12.0. The number of hydrogen-bond acceptors (Lipinski definition) is 3. The molecule has 2 N–H and O–H groups in total. The van der Waals surface area contributed by atoms with Crippen LogP contribution >= 0.6 is 0 Å². The van der Waals surface area contributed by atoms with Crippen LogP contribution in [-0.2, 0) is 11.3 Å². The summed E-state index contributed by atoms with van der Waals surface area (Å²) in [7, 11) is 0. The zero-order valence-electron chi connectivity index (χ0n) is 9.40. The number of nitrogens with one attached hydrogen (secondary N) is 1. The fourth-order valence-electron chi connectivity index (χ4n) is 2.02. The molecule has 0 amide bonds. The van der Waals surface area contributed by atoms with Crippen molar-refractivity contribution in [2.45, 2.75) is 12.6 Å². The van der Waals surface area contributed by atoms with E-state index in [-0.39, 0.29) is 5.82 Å². The highest BCUT2D eigenvalue weighted by atomic mass is 19.1. The van der Waals surface area contributed by atoms with Crippen molar-refractivity contribution in [2.75, 3.05) is 19.6 Å². The van der Waals surface area contributed by atoms with Gasteiger partial charge < -0.3 is 10.4 Å². The molecular weight excluding hydrogens is 223 g/mol. The van der Waals surface area contributed by atoms with Crippen molar-refractivity contribution in [2.24, 2.45) is 0 Å². The van der Waals surface area contributed by atoms with Crippen molar-refractivity contribution in [3.05, 3.63) is 35.6 Å². The Bertz CT molecular complexity index is 411. The van der Waals surface area contributed by atoms with E-state index in [1.54, 1.807) is 23.1 Å². The number of benzene rings is 1. The van der Waals surface area contributed by atoms with E-state index >= 15 is 0 Å². The number of aliphatic carboxylic acids is 1. The summed E-state index contributed by atoms with van der Waals surface area (Å²) in [5.74, 6) is -1.15. The predicted octanol–water partition coefficient (Wildman–Crippen LogP) is 0.684. The minimum Gasteiger partial charge on any atom is -0.480 e. The lowest BCUT2D eigenvalue weighted by Crippen LogP contribution is -2.54. The molecule has 0 aliphatic carbocycles. The Morgan fingerprint density at radius 3 is 3.00 bits per heavy atom. The Labute approximate surface area is 99.0 Å². The van der Waals surface area contributed by atoms with Crippen LogP contribution in [0.4, 0.5) is 4.39 Å². The summed E-state index contributed by atoms with van der Waals surface area (Å²) in [6.45, 7) is 2.10. The summed E-state index contributed by atoms with van der Waals surface area (Å²) in [6.07, 6.45) is 0. The summed E-state index contributed by atoms with van der Waals surface area (Å²) >= 11 is 0. The van der Waals surface area contributed by atoms with E-state index in [0.29, 0.717) is 25.2 Å². The zero-order valence-corrected chi connectivity index (χ0v) is 9.40. The van der Waals surface area contributed by atoms with Crippen LogP contribution in [0, 0.1) is 5.82 Å². The molecule has 0 saturated carbocycles. The molecule has 1 fully saturated rings. The van der Waals surface area contributed by atoms with Gasteiger partial charge in [-0.2, -0.15) is 0 Å². The molecule has 0 bridgehead atoms. The largest absolute Gasteiger partial charge is 0.480 e. The van der Waals surface area contributed by atoms with Crippen LogP contribution in [0.3, 0.4) is 0 Å². The summed E-state index contributed by atoms with van der Waals surface area (Å²) in [6, 6.07) is 5.90. The molecule has 1 aliphatic rings. The van der Waals surface area contributed by atoms with Crippen molar-refractivity contribution < 1.29 is 14.3 Å². The second-order valence-electron chi connectivity index (χ2n) is 4.12. The Morgan fingerprint density at radius 2 is 2.29 bits per heavy atom. The number of nitrogens with zero attached hydrogens (tertiary/aromatic N) is 1. The first-order chi connectivity index (χ1) is 8.18. The van der Waals surface area contributed by atoms with E-state index in [4.69, 9.17) is 5.11 Å². The maximum Gasteiger partial charge on any atom is 0.322 e. The minimum atomic E-state index is -0.867. The molecule has 0 aromatic heterocycles. The molecule has 92 valence electrons. The van der Waals surface area contributed by atoms with Crippen molar-refractivity contribution in [3.63, 3.8) is 0 Å². The molecule has 5 heteroatoms. The number of carbonyl (C=O) groups is 1. The number of halogens is 1. The number of carboxylic acids is 1. The number of rotatable bonds is 3. The zero-order chi connectivity index (χ0) is 12.3. The number of piperazine rings is 1. The van der Waals surface area contributed by atoms with Gasteiger partial charge in [0, 0.05) is 31.7 Å².